The molecule has 1 fully saturated rings. The molecule has 10 heteroatoms. The second-order valence-corrected chi connectivity index (χ2v) is 9.19. The van der Waals surface area contributed by atoms with Crippen LogP contribution in [0.2, 0.25) is 5.02 Å². The lowest BCUT2D eigenvalue weighted by Crippen LogP contribution is -2.38. The smallest absolute Gasteiger partial charge is 0.251 e. The van der Waals surface area contributed by atoms with Gasteiger partial charge in [-0.05, 0) is 49.2 Å². The first-order chi connectivity index (χ1) is 15.5. The van der Waals surface area contributed by atoms with Crippen LogP contribution in [-0.4, -0.2) is 50.9 Å². The molecule has 1 saturated heterocycles. The molecule has 5 rings (SSSR count). The van der Waals surface area contributed by atoms with E-state index < -0.39 is 0 Å². The number of hydrogen-bond acceptors (Lipinski definition) is 6. The molecule has 1 aliphatic heterocycles. The number of benzene rings is 2. The molecule has 2 aromatic heterocycles. The van der Waals surface area contributed by atoms with E-state index in [9.17, 15) is 9.59 Å². The molecule has 3 heterocycles. The fourth-order valence-electron chi connectivity index (χ4n) is 3.84. The van der Waals surface area contributed by atoms with Gasteiger partial charge in [-0.15, -0.1) is 0 Å². The van der Waals surface area contributed by atoms with Crippen LogP contribution in [0.25, 0.3) is 21.3 Å². The van der Waals surface area contributed by atoms with Gasteiger partial charge >= 0.3 is 0 Å². The SMILES string of the molecule is Cn1c(Nc2nc3ccc(Cl)cc3s2)nc2cc(C(=O)NCC(=O)N3CCCC3)ccc21. The van der Waals surface area contributed by atoms with E-state index in [1.54, 1.807) is 17.0 Å². The number of nitrogens with one attached hydrogen (secondary N) is 2. The van der Waals surface area contributed by atoms with Crippen molar-refractivity contribution in [2.45, 2.75) is 12.8 Å². The van der Waals surface area contributed by atoms with Crippen LogP contribution in [0.15, 0.2) is 36.4 Å². The second kappa shape index (κ2) is 8.40. The van der Waals surface area contributed by atoms with Crippen molar-refractivity contribution in [1.29, 1.82) is 0 Å². The average molecular weight is 469 g/mol. The number of aryl methyl sites for hydroxylation is 1. The van der Waals surface area contributed by atoms with Crippen molar-refractivity contribution in [1.82, 2.24) is 24.8 Å². The van der Waals surface area contributed by atoms with Crippen molar-refractivity contribution in [3.8, 4) is 0 Å². The van der Waals surface area contributed by atoms with E-state index in [4.69, 9.17) is 11.6 Å². The molecule has 0 bridgehead atoms. The maximum absolute atomic E-state index is 12.6. The van der Waals surface area contributed by atoms with Gasteiger partial charge in [0.25, 0.3) is 5.91 Å². The lowest BCUT2D eigenvalue weighted by Gasteiger charge is -2.15. The van der Waals surface area contributed by atoms with Gasteiger partial charge in [-0.2, -0.15) is 0 Å². The predicted molar refractivity (Wildman–Crippen MR) is 127 cm³/mol. The van der Waals surface area contributed by atoms with Crippen LogP contribution in [0.4, 0.5) is 11.1 Å². The van der Waals surface area contributed by atoms with E-state index in [-0.39, 0.29) is 18.4 Å². The normalized spacial score (nSPS) is 13.8. The summed E-state index contributed by atoms with van der Waals surface area (Å²) in [5.74, 6) is 0.285. The number of carbonyl (C=O) groups excluding carboxylic acids is 2. The van der Waals surface area contributed by atoms with Gasteiger partial charge in [0.2, 0.25) is 11.9 Å². The monoisotopic (exact) mass is 468 g/mol. The topological polar surface area (TPSA) is 92.1 Å². The maximum Gasteiger partial charge on any atom is 0.251 e. The highest BCUT2D eigenvalue weighted by molar-refractivity contribution is 7.22. The Balaban J connectivity index is 1.32. The van der Waals surface area contributed by atoms with Gasteiger partial charge in [-0.3, -0.25) is 9.59 Å². The van der Waals surface area contributed by atoms with Crippen LogP contribution in [-0.2, 0) is 11.8 Å². The van der Waals surface area contributed by atoms with Crippen molar-refractivity contribution >= 4 is 67.1 Å². The molecule has 0 atom stereocenters. The minimum atomic E-state index is -0.289. The van der Waals surface area contributed by atoms with Gasteiger partial charge in [-0.25, -0.2) is 9.97 Å². The Kier molecular flexibility index (Phi) is 5.44. The number of fused-ring (bicyclic) bond motifs is 2. The summed E-state index contributed by atoms with van der Waals surface area (Å²) in [4.78, 5) is 35.7. The molecule has 0 saturated carbocycles. The second-order valence-electron chi connectivity index (χ2n) is 7.72. The van der Waals surface area contributed by atoms with Crippen LogP contribution in [0, 0.1) is 0 Å². The molecule has 2 amide bonds. The number of thiazole rings is 1. The lowest BCUT2D eigenvalue weighted by atomic mass is 10.2. The van der Waals surface area contributed by atoms with Crippen molar-refractivity contribution in [2.24, 2.45) is 7.05 Å². The summed E-state index contributed by atoms with van der Waals surface area (Å²) >= 11 is 7.56. The molecule has 164 valence electrons. The Labute approximate surface area is 193 Å². The summed E-state index contributed by atoms with van der Waals surface area (Å²) in [6.45, 7) is 1.55. The molecule has 32 heavy (non-hydrogen) atoms. The van der Waals surface area contributed by atoms with Crippen LogP contribution in [0.3, 0.4) is 0 Å². The Morgan fingerprint density at radius 3 is 2.72 bits per heavy atom. The average Bonchev–Trinajstić information content (AvgIpc) is 3.51. The standard InChI is InChI=1S/C22H21ClN6O2S/c1-28-17-7-4-13(20(31)24-12-19(30)29-8-2-3-9-29)10-16(17)25-21(28)27-22-26-15-6-5-14(23)11-18(15)32-22/h4-7,10-11H,2-3,8-9,12H2,1H3,(H,24,31)(H,25,26,27). The van der Waals surface area contributed by atoms with E-state index in [1.165, 1.54) is 11.3 Å². The Bertz CT molecular complexity index is 1340. The number of halogens is 1. The summed E-state index contributed by atoms with van der Waals surface area (Å²) in [5.41, 5.74) is 2.88. The molecule has 2 N–H and O–H groups in total. The zero-order valence-electron chi connectivity index (χ0n) is 17.4. The zero-order chi connectivity index (χ0) is 22.2. The van der Waals surface area contributed by atoms with Crippen molar-refractivity contribution in [2.75, 3.05) is 25.0 Å². The highest BCUT2D eigenvalue weighted by Gasteiger charge is 2.19. The zero-order valence-corrected chi connectivity index (χ0v) is 19.0. The number of carbonyl (C=O) groups is 2. The van der Waals surface area contributed by atoms with Crippen molar-refractivity contribution < 1.29 is 9.59 Å². The van der Waals surface area contributed by atoms with Gasteiger partial charge in [0.1, 0.15) is 0 Å². The molecular weight excluding hydrogens is 448 g/mol. The fourth-order valence-corrected chi connectivity index (χ4v) is 4.97. The molecule has 2 aromatic carbocycles. The minimum Gasteiger partial charge on any atom is -0.343 e. The molecule has 0 radical (unpaired) electrons. The molecule has 0 spiro atoms. The van der Waals surface area contributed by atoms with Gasteiger partial charge < -0.3 is 20.1 Å². The van der Waals surface area contributed by atoms with Gasteiger partial charge in [0.15, 0.2) is 5.13 Å². The Morgan fingerprint density at radius 2 is 1.91 bits per heavy atom. The summed E-state index contributed by atoms with van der Waals surface area (Å²) in [5, 5.41) is 7.35. The van der Waals surface area contributed by atoms with Gasteiger partial charge in [-0.1, -0.05) is 22.9 Å². The van der Waals surface area contributed by atoms with E-state index in [0.29, 0.717) is 27.2 Å². The number of nitrogens with zero attached hydrogens (tertiary/aromatic N) is 4. The molecule has 8 nitrogen and oxygen atoms in total. The highest BCUT2D eigenvalue weighted by atomic mass is 35.5. The summed E-state index contributed by atoms with van der Waals surface area (Å²) in [7, 11) is 1.90. The van der Waals surface area contributed by atoms with Crippen LogP contribution < -0.4 is 10.6 Å². The lowest BCUT2D eigenvalue weighted by molar-refractivity contribution is -0.129. The van der Waals surface area contributed by atoms with E-state index in [0.717, 1.165) is 41.7 Å². The largest absolute Gasteiger partial charge is 0.343 e. The third-order valence-corrected chi connectivity index (χ3v) is 6.74. The number of imidazole rings is 1. The molecule has 1 aliphatic rings. The number of likely N-dealkylation sites (tertiary alicyclic amines) is 1. The van der Waals surface area contributed by atoms with Crippen LogP contribution in [0.5, 0.6) is 0 Å². The van der Waals surface area contributed by atoms with E-state index >= 15 is 0 Å². The number of amides is 2. The third-order valence-electron chi connectivity index (χ3n) is 5.57. The first kappa shape index (κ1) is 20.7. The number of hydrogen-bond donors (Lipinski definition) is 2. The minimum absolute atomic E-state index is 0.00746. The van der Waals surface area contributed by atoms with Gasteiger partial charge in [0, 0.05) is 30.7 Å². The first-order valence-corrected chi connectivity index (χ1v) is 11.5. The van der Waals surface area contributed by atoms with Crippen LogP contribution in [0.1, 0.15) is 23.2 Å². The summed E-state index contributed by atoms with van der Waals surface area (Å²) in [6, 6.07) is 10.9. The third kappa shape index (κ3) is 4.01. The van der Waals surface area contributed by atoms with Crippen molar-refractivity contribution in [3.63, 3.8) is 0 Å². The Morgan fingerprint density at radius 1 is 1.09 bits per heavy atom. The molecule has 0 aliphatic carbocycles. The Hall–Kier alpha value is -3.17. The molecule has 0 unspecified atom stereocenters. The number of anilines is 2. The molecule has 4 aromatic rings. The van der Waals surface area contributed by atoms with Crippen molar-refractivity contribution in [3.05, 3.63) is 47.0 Å². The maximum atomic E-state index is 12.6. The van der Waals surface area contributed by atoms with Gasteiger partial charge in [0.05, 0.1) is 27.8 Å². The summed E-state index contributed by atoms with van der Waals surface area (Å²) in [6.07, 6.45) is 2.05. The quantitative estimate of drug-likeness (QED) is 0.463. The van der Waals surface area contributed by atoms with Crippen LogP contribution >= 0.6 is 22.9 Å². The summed E-state index contributed by atoms with van der Waals surface area (Å²) < 4.78 is 2.90. The number of rotatable bonds is 5. The predicted octanol–water partition coefficient (Wildman–Crippen LogP) is 3.93. The highest BCUT2D eigenvalue weighted by Crippen LogP contribution is 2.31. The molecular formula is C22H21ClN6O2S. The van der Waals surface area contributed by atoms with E-state index in [1.807, 2.05) is 35.9 Å². The number of aromatic nitrogens is 3. The van der Waals surface area contributed by atoms with E-state index in [2.05, 4.69) is 20.6 Å². The fraction of sp³-hybridized carbons (Fsp3) is 0.273. The first-order valence-electron chi connectivity index (χ1n) is 10.3.